The molecule has 3 heterocycles. The Morgan fingerprint density at radius 1 is 1.12 bits per heavy atom. The van der Waals surface area contributed by atoms with E-state index in [0.717, 1.165) is 22.2 Å². The van der Waals surface area contributed by atoms with E-state index in [1.54, 1.807) is 31.0 Å². The van der Waals surface area contributed by atoms with Crippen LogP contribution in [0.3, 0.4) is 0 Å². The van der Waals surface area contributed by atoms with Crippen LogP contribution in [0.25, 0.3) is 22.2 Å². The van der Waals surface area contributed by atoms with Crippen molar-refractivity contribution in [2.24, 2.45) is 0 Å². The Kier molecular flexibility index (Phi) is 6.11. The molecule has 0 spiro atoms. The monoisotopic (exact) mass is 491 g/mol. The highest BCUT2D eigenvalue weighted by atomic mass is 35.5. The van der Waals surface area contributed by atoms with Crippen molar-refractivity contribution in [3.63, 3.8) is 0 Å². The van der Waals surface area contributed by atoms with Gasteiger partial charge in [0.2, 0.25) is 0 Å². The number of nitrogens with one attached hydrogen (secondary N) is 2. The first kappa shape index (κ1) is 22.5. The van der Waals surface area contributed by atoms with Gasteiger partial charge in [0.15, 0.2) is 0 Å². The first-order valence-corrected chi connectivity index (χ1v) is 13.2. The van der Waals surface area contributed by atoms with Crippen LogP contribution < -0.4 is 9.46 Å². The number of aromatic nitrogens is 4. The summed E-state index contributed by atoms with van der Waals surface area (Å²) >= 11 is 12.8. The lowest BCUT2D eigenvalue weighted by molar-refractivity contribution is 0.227. The smallest absolute Gasteiger partial charge is 0.136 e. The minimum Gasteiger partial charge on any atom is -0.486 e. The summed E-state index contributed by atoms with van der Waals surface area (Å²) in [4.78, 5) is 8.54. The highest BCUT2D eigenvalue weighted by Gasteiger charge is 2.19. The number of anilines is 1. The van der Waals surface area contributed by atoms with E-state index in [-0.39, 0.29) is 6.10 Å². The van der Waals surface area contributed by atoms with Crippen LogP contribution in [-0.4, -0.2) is 36.9 Å². The number of rotatable bonds is 6. The van der Waals surface area contributed by atoms with E-state index in [1.807, 2.05) is 38.1 Å². The van der Waals surface area contributed by atoms with Gasteiger partial charge < -0.3 is 9.46 Å². The molecule has 0 aliphatic rings. The van der Waals surface area contributed by atoms with Crippen molar-refractivity contribution >= 4 is 50.0 Å². The van der Waals surface area contributed by atoms with Crippen LogP contribution in [-0.2, 0) is 10.1 Å². The average molecular weight is 492 g/mol. The molecule has 4 aromatic rings. The fourth-order valence-corrected chi connectivity index (χ4v) is 4.71. The molecule has 0 bridgehead atoms. The third kappa shape index (κ3) is 4.72. The molecule has 2 N–H and O–H groups in total. The molecule has 0 aliphatic carbocycles. The van der Waals surface area contributed by atoms with Crippen LogP contribution in [0.2, 0.25) is 10.0 Å². The van der Waals surface area contributed by atoms with Gasteiger partial charge >= 0.3 is 0 Å². The number of hydrogen-bond donors (Lipinski definition) is 3. The number of halogens is 2. The number of pyridine rings is 2. The normalized spacial score (nSPS) is 13.2. The molecule has 10 heteroatoms. The zero-order valence-corrected chi connectivity index (χ0v) is 20.4. The molecule has 0 saturated carbocycles. The van der Waals surface area contributed by atoms with Gasteiger partial charge in [-0.25, -0.2) is 4.98 Å². The summed E-state index contributed by atoms with van der Waals surface area (Å²) in [6, 6.07) is 9.35. The topological polar surface area (TPSA) is 92.8 Å². The summed E-state index contributed by atoms with van der Waals surface area (Å²) < 4.78 is 21.0. The van der Waals surface area contributed by atoms with Gasteiger partial charge in [0.1, 0.15) is 23.4 Å². The number of aromatic amines is 1. The summed E-state index contributed by atoms with van der Waals surface area (Å²) in [5, 5.41) is 9.32. The number of hydrogen-bond acceptors (Lipinski definition) is 5. The number of thiol groups is 1. The second-order valence-electron chi connectivity index (χ2n) is 7.85. The Balaban J connectivity index is 1.64. The van der Waals surface area contributed by atoms with Crippen LogP contribution in [0.4, 0.5) is 5.82 Å². The Bertz CT molecular complexity index is 1330. The fraction of sp³-hybridized carbons (Fsp3) is 0.227. The third-order valence-electron chi connectivity index (χ3n) is 4.86. The molecular weight excluding hydrogens is 469 g/mol. The zero-order valence-electron chi connectivity index (χ0n) is 18.0. The summed E-state index contributed by atoms with van der Waals surface area (Å²) in [5.41, 5.74) is 3.82. The Morgan fingerprint density at radius 3 is 2.59 bits per heavy atom. The molecule has 0 saturated heterocycles. The second-order valence-corrected chi connectivity index (χ2v) is 11.6. The van der Waals surface area contributed by atoms with Gasteiger partial charge in [-0.1, -0.05) is 23.2 Å². The molecule has 0 fully saturated rings. The van der Waals surface area contributed by atoms with Crippen molar-refractivity contribution < 1.29 is 8.95 Å². The Morgan fingerprint density at radius 2 is 1.91 bits per heavy atom. The standard InChI is InChI=1S/C22H23Cl2N5O2S/c1-12-21(24)20(17(23)11-25-12)13(2)31-15-6-7-18-16(9-15)22(28-27-18)14-5-8-19(26-10-14)29-32(3,4)30/h5-11,13,32H,1-4H3,(H,27,28)(H,26,29,30)/t13-/m0/s1. The van der Waals surface area contributed by atoms with E-state index in [4.69, 9.17) is 27.9 Å². The average Bonchev–Trinajstić information content (AvgIpc) is 3.14. The number of ether oxygens (including phenoxy) is 1. The van der Waals surface area contributed by atoms with Gasteiger partial charge in [-0.2, -0.15) is 5.10 Å². The number of H-pyrrole nitrogens is 1. The molecule has 0 radical (unpaired) electrons. The zero-order chi connectivity index (χ0) is 23.0. The summed E-state index contributed by atoms with van der Waals surface area (Å²) in [6.45, 7) is 3.72. The molecule has 32 heavy (non-hydrogen) atoms. The molecule has 0 unspecified atom stereocenters. The van der Waals surface area contributed by atoms with E-state index in [2.05, 4.69) is 24.9 Å². The van der Waals surface area contributed by atoms with Crippen molar-refractivity contribution in [3.8, 4) is 17.0 Å². The third-order valence-corrected chi connectivity index (χ3v) is 6.40. The largest absolute Gasteiger partial charge is 0.486 e. The van der Waals surface area contributed by atoms with Gasteiger partial charge in [0.25, 0.3) is 0 Å². The van der Waals surface area contributed by atoms with Crippen LogP contribution in [0.1, 0.15) is 24.3 Å². The lowest BCUT2D eigenvalue weighted by atomic mass is 10.1. The van der Waals surface area contributed by atoms with E-state index in [0.29, 0.717) is 32.9 Å². The van der Waals surface area contributed by atoms with Gasteiger partial charge in [0, 0.05) is 41.4 Å². The predicted molar refractivity (Wildman–Crippen MR) is 132 cm³/mol. The number of aryl methyl sites for hydroxylation is 1. The van der Waals surface area contributed by atoms with Crippen LogP contribution in [0, 0.1) is 6.92 Å². The molecule has 7 nitrogen and oxygen atoms in total. The molecule has 1 aromatic carbocycles. The highest BCUT2D eigenvalue weighted by Crippen LogP contribution is 2.36. The number of fused-ring (bicyclic) bond motifs is 1. The Hall–Kier alpha value is -2.68. The van der Waals surface area contributed by atoms with Gasteiger partial charge in [-0.3, -0.25) is 14.3 Å². The minimum atomic E-state index is -2.43. The summed E-state index contributed by atoms with van der Waals surface area (Å²) in [5.74, 6) is 1.21. The lowest BCUT2D eigenvalue weighted by Gasteiger charge is -2.18. The summed E-state index contributed by atoms with van der Waals surface area (Å²) in [6.07, 6.45) is 6.20. The maximum absolute atomic E-state index is 12.0. The Labute approximate surface area is 197 Å². The minimum absolute atomic E-state index is 0.379. The van der Waals surface area contributed by atoms with E-state index in [1.165, 1.54) is 0 Å². The van der Waals surface area contributed by atoms with E-state index >= 15 is 0 Å². The second kappa shape index (κ2) is 8.69. The van der Waals surface area contributed by atoms with Crippen molar-refractivity contribution in [3.05, 3.63) is 64.0 Å². The van der Waals surface area contributed by atoms with Crippen LogP contribution >= 0.6 is 23.2 Å². The first-order valence-electron chi connectivity index (χ1n) is 9.87. The summed E-state index contributed by atoms with van der Waals surface area (Å²) in [7, 11) is -2.43. The molecular formula is C22H23Cl2N5O2S. The number of benzene rings is 1. The maximum Gasteiger partial charge on any atom is 0.136 e. The van der Waals surface area contributed by atoms with Crippen molar-refractivity contribution in [1.29, 1.82) is 0 Å². The fourth-order valence-electron chi connectivity index (χ4n) is 3.38. The van der Waals surface area contributed by atoms with Crippen LogP contribution in [0.5, 0.6) is 5.75 Å². The van der Waals surface area contributed by atoms with Gasteiger partial charge in [-0.15, -0.1) is 0 Å². The molecule has 1 atom stereocenters. The SMILES string of the molecule is Cc1ncc(Cl)c([C@H](C)Oc2ccc3[nH]nc(-c4ccc(N[SH](C)(C)=O)nc4)c3c2)c1Cl. The lowest BCUT2D eigenvalue weighted by Crippen LogP contribution is -2.18. The van der Waals surface area contributed by atoms with Gasteiger partial charge in [0.05, 0.1) is 21.3 Å². The maximum atomic E-state index is 12.0. The highest BCUT2D eigenvalue weighted by molar-refractivity contribution is 8.02. The quantitative estimate of drug-likeness (QED) is 0.315. The van der Waals surface area contributed by atoms with Gasteiger partial charge in [-0.05, 0) is 54.3 Å². The van der Waals surface area contributed by atoms with Crippen molar-refractivity contribution in [2.45, 2.75) is 20.0 Å². The van der Waals surface area contributed by atoms with Crippen molar-refractivity contribution in [2.75, 3.05) is 17.2 Å². The van der Waals surface area contributed by atoms with Crippen LogP contribution in [0.15, 0.2) is 42.7 Å². The molecule has 168 valence electrons. The molecule has 0 aliphatic heterocycles. The molecule has 0 amide bonds. The molecule has 4 rings (SSSR count). The first-order chi connectivity index (χ1) is 15.1. The van der Waals surface area contributed by atoms with E-state index < -0.39 is 10.1 Å². The van der Waals surface area contributed by atoms with Crippen molar-refractivity contribution in [1.82, 2.24) is 20.2 Å². The number of nitrogens with zero attached hydrogens (tertiary/aromatic N) is 3. The van der Waals surface area contributed by atoms with E-state index in [9.17, 15) is 4.21 Å². The molecule has 3 aromatic heterocycles. The predicted octanol–water partition coefficient (Wildman–Crippen LogP) is 5.38.